The number of aliphatic hydroxyl groups is 2. The predicted octanol–water partition coefficient (Wildman–Crippen LogP) is 1.37. The number of carbonyl (C=O) groups is 2. The number of aliphatic hydroxyl groups excluding tert-OH is 2. The van der Waals surface area contributed by atoms with E-state index >= 15 is 0 Å². The first-order chi connectivity index (χ1) is 11.5. The van der Waals surface area contributed by atoms with Crippen LogP contribution in [0.5, 0.6) is 11.5 Å². The van der Waals surface area contributed by atoms with Gasteiger partial charge >= 0.3 is 0 Å². The summed E-state index contributed by atoms with van der Waals surface area (Å²) in [5.74, 6) is -0.565. The molecule has 2 N–H and O–H groups in total. The van der Waals surface area contributed by atoms with Crippen molar-refractivity contribution in [3.63, 3.8) is 0 Å². The first kappa shape index (κ1) is 17.8. The summed E-state index contributed by atoms with van der Waals surface area (Å²) in [7, 11) is 3.00. The number of hydrogen-bond acceptors (Lipinski definition) is 6. The summed E-state index contributed by atoms with van der Waals surface area (Å²) >= 11 is 0. The van der Waals surface area contributed by atoms with Crippen molar-refractivity contribution in [1.29, 1.82) is 0 Å². The molecule has 1 heterocycles. The smallest absolute Gasteiger partial charge is 0.290 e. The van der Waals surface area contributed by atoms with E-state index in [1.165, 1.54) is 26.0 Å². The minimum absolute atomic E-state index is 0.0464. The van der Waals surface area contributed by atoms with Crippen LogP contribution < -0.4 is 9.47 Å². The van der Waals surface area contributed by atoms with E-state index < -0.39 is 17.7 Å². The van der Waals surface area contributed by atoms with Crippen LogP contribution in [0.25, 0.3) is 0 Å². The van der Waals surface area contributed by atoms with Crippen molar-refractivity contribution in [3.05, 3.63) is 35.1 Å². The van der Waals surface area contributed by atoms with Crippen LogP contribution in [0, 0.1) is 0 Å². The molecule has 0 saturated carbocycles. The predicted molar refractivity (Wildman–Crippen MR) is 86.0 cm³/mol. The highest BCUT2D eigenvalue weighted by Crippen LogP contribution is 2.40. The van der Waals surface area contributed by atoms with Crippen molar-refractivity contribution in [1.82, 2.24) is 4.90 Å². The van der Waals surface area contributed by atoms with Crippen molar-refractivity contribution in [3.8, 4) is 11.5 Å². The van der Waals surface area contributed by atoms with Crippen LogP contribution >= 0.6 is 0 Å². The molecule has 0 saturated heterocycles. The molecule has 1 unspecified atom stereocenters. The molecule has 1 aliphatic rings. The van der Waals surface area contributed by atoms with Crippen LogP contribution in [0.3, 0.4) is 0 Å². The number of ketones is 1. The molecular weight excluding hydrogens is 314 g/mol. The van der Waals surface area contributed by atoms with Gasteiger partial charge in [-0.3, -0.25) is 9.59 Å². The molecule has 0 radical (unpaired) electrons. The van der Waals surface area contributed by atoms with Gasteiger partial charge in [-0.05, 0) is 31.0 Å². The highest BCUT2D eigenvalue weighted by atomic mass is 16.5. The van der Waals surface area contributed by atoms with E-state index in [9.17, 15) is 14.7 Å². The third-order valence-electron chi connectivity index (χ3n) is 3.96. The lowest BCUT2D eigenvalue weighted by molar-refractivity contribution is -0.129. The van der Waals surface area contributed by atoms with Crippen molar-refractivity contribution >= 4 is 11.7 Å². The van der Waals surface area contributed by atoms with E-state index in [0.717, 1.165) is 0 Å². The van der Waals surface area contributed by atoms with Gasteiger partial charge in [0, 0.05) is 13.2 Å². The molecule has 0 fully saturated rings. The van der Waals surface area contributed by atoms with Crippen molar-refractivity contribution in [2.75, 3.05) is 27.4 Å². The van der Waals surface area contributed by atoms with Crippen LogP contribution in [0.2, 0.25) is 0 Å². The van der Waals surface area contributed by atoms with Crippen LogP contribution in [0.15, 0.2) is 29.5 Å². The lowest BCUT2D eigenvalue weighted by Crippen LogP contribution is -2.32. The Morgan fingerprint density at radius 3 is 2.46 bits per heavy atom. The molecule has 130 valence electrons. The van der Waals surface area contributed by atoms with Gasteiger partial charge in [-0.2, -0.15) is 0 Å². The van der Waals surface area contributed by atoms with Crippen molar-refractivity contribution in [2.45, 2.75) is 19.4 Å². The Balaban J connectivity index is 2.52. The van der Waals surface area contributed by atoms with Gasteiger partial charge in [0.2, 0.25) is 0 Å². The van der Waals surface area contributed by atoms with E-state index in [2.05, 4.69) is 0 Å². The number of nitrogens with zero attached hydrogens (tertiary/aromatic N) is 1. The number of methoxy groups -OCH3 is 2. The quantitative estimate of drug-likeness (QED) is 0.781. The maximum absolute atomic E-state index is 12.3. The standard InChI is InChI=1S/C17H21NO6/c1-10(20)14-15(18(7-4-8-19)17(22)16(14)21)11-5-6-12(23-2)13(9-11)24-3/h5-6,9,15,19,21H,4,7-8H2,1-3H3. The number of Topliss-reactive ketones (excluding diaryl/α,β-unsaturated/α-hetero) is 1. The topological polar surface area (TPSA) is 96.3 Å². The molecule has 1 aromatic carbocycles. The van der Waals surface area contributed by atoms with Gasteiger partial charge < -0.3 is 24.6 Å². The summed E-state index contributed by atoms with van der Waals surface area (Å²) in [6.45, 7) is 1.43. The Bertz CT molecular complexity index is 682. The van der Waals surface area contributed by atoms with E-state index in [-0.39, 0.29) is 24.5 Å². The van der Waals surface area contributed by atoms with E-state index in [1.54, 1.807) is 18.2 Å². The first-order valence-corrected chi connectivity index (χ1v) is 7.54. The number of benzene rings is 1. The molecule has 2 rings (SSSR count). The summed E-state index contributed by atoms with van der Waals surface area (Å²) < 4.78 is 10.5. The van der Waals surface area contributed by atoms with Gasteiger partial charge in [0.05, 0.1) is 25.8 Å². The second kappa shape index (κ2) is 7.35. The highest BCUT2D eigenvalue weighted by molar-refractivity contribution is 6.08. The SMILES string of the molecule is COc1ccc(C2C(C(C)=O)=C(O)C(=O)N2CCCO)cc1OC. The molecular formula is C17H21NO6. The second-order valence-corrected chi connectivity index (χ2v) is 5.41. The maximum Gasteiger partial charge on any atom is 0.290 e. The molecule has 0 aliphatic carbocycles. The van der Waals surface area contributed by atoms with Crippen molar-refractivity contribution in [2.24, 2.45) is 0 Å². The van der Waals surface area contributed by atoms with Gasteiger partial charge in [0.15, 0.2) is 23.0 Å². The zero-order valence-corrected chi connectivity index (χ0v) is 13.9. The van der Waals surface area contributed by atoms with E-state index in [1.807, 2.05) is 0 Å². The van der Waals surface area contributed by atoms with E-state index in [4.69, 9.17) is 14.6 Å². The van der Waals surface area contributed by atoms with E-state index in [0.29, 0.717) is 23.5 Å². The fourth-order valence-electron chi connectivity index (χ4n) is 2.85. The molecule has 0 aromatic heterocycles. The normalized spacial score (nSPS) is 17.4. The number of amides is 1. The highest BCUT2D eigenvalue weighted by Gasteiger charge is 2.42. The van der Waals surface area contributed by atoms with Gasteiger partial charge in [-0.15, -0.1) is 0 Å². The zero-order chi connectivity index (χ0) is 17.9. The van der Waals surface area contributed by atoms with Crippen LogP contribution in [-0.4, -0.2) is 54.2 Å². The average molecular weight is 335 g/mol. The molecule has 0 spiro atoms. The summed E-state index contributed by atoms with van der Waals surface area (Å²) in [6.07, 6.45) is 0.341. The molecule has 1 atom stereocenters. The largest absolute Gasteiger partial charge is 0.503 e. The Labute approximate surface area is 140 Å². The third kappa shape index (κ3) is 3.07. The van der Waals surface area contributed by atoms with Crippen LogP contribution in [0.4, 0.5) is 0 Å². The molecule has 7 heteroatoms. The van der Waals surface area contributed by atoms with Crippen LogP contribution in [0.1, 0.15) is 24.9 Å². The molecule has 24 heavy (non-hydrogen) atoms. The Hall–Kier alpha value is -2.54. The number of rotatable bonds is 7. The minimum Gasteiger partial charge on any atom is -0.503 e. The maximum atomic E-state index is 12.3. The molecule has 0 bridgehead atoms. The molecule has 1 amide bonds. The number of carbonyl (C=O) groups excluding carboxylic acids is 2. The molecule has 1 aliphatic heterocycles. The lowest BCUT2D eigenvalue weighted by atomic mass is 9.96. The number of hydrogen-bond donors (Lipinski definition) is 2. The summed E-state index contributed by atoms with van der Waals surface area (Å²) in [5, 5.41) is 19.1. The van der Waals surface area contributed by atoms with Gasteiger partial charge in [-0.25, -0.2) is 0 Å². The Morgan fingerprint density at radius 1 is 1.25 bits per heavy atom. The van der Waals surface area contributed by atoms with Gasteiger partial charge in [0.25, 0.3) is 5.91 Å². The summed E-state index contributed by atoms with van der Waals surface area (Å²) in [4.78, 5) is 25.7. The third-order valence-corrected chi connectivity index (χ3v) is 3.96. The first-order valence-electron chi connectivity index (χ1n) is 7.54. The van der Waals surface area contributed by atoms with Gasteiger partial charge in [0.1, 0.15) is 0 Å². The van der Waals surface area contributed by atoms with Crippen molar-refractivity contribution < 1.29 is 29.3 Å². The summed E-state index contributed by atoms with van der Waals surface area (Å²) in [5.41, 5.74) is 0.665. The van der Waals surface area contributed by atoms with Crippen LogP contribution in [-0.2, 0) is 9.59 Å². The minimum atomic E-state index is -0.721. The molecule has 1 aromatic rings. The number of ether oxygens (including phenoxy) is 2. The average Bonchev–Trinajstić information content (AvgIpc) is 2.83. The summed E-state index contributed by atoms with van der Waals surface area (Å²) in [6, 6.07) is 4.34. The fourth-order valence-corrected chi connectivity index (χ4v) is 2.85. The monoisotopic (exact) mass is 335 g/mol. The molecule has 7 nitrogen and oxygen atoms in total. The fraction of sp³-hybridized carbons (Fsp3) is 0.412. The second-order valence-electron chi connectivity index (χ2n) is 5.41. The Morgan fingerprint density at radius 2 is 1.92 bits per heavy atom. The zero-order valence-electron chi connectivity index (χ0n) is 13.9. The van der Waals surface area contributed by atoms with Gasteiger partial charge in [-0.1, -0.05) is 6.07 Å². The lowest BCUT2D eigenvalue weighted by Gasteiger charge is -2.26. The Kier molecular flexibility index (Phi) is 5.46.